The minimum atomic E-state index is -0.235. The summed E-state index contributed by atoms with van der Waals surface area (Å²) in [6, 6.07) is 14.9. The number of hydrogen-bond donors (Lipinski definition) is 1. The fourth-order valence-corrected chi connectivity index (χ4v) is 5.48. The monoisotopic (exact) mass is 479 g/mol. The first-order chi connectivity index (χ1) is 16.5. The molecule has 0 aliphatic carbocycles. The van der Waals surface area contributed by atoms with E-state index in [1.807, 2.05) is 48.0 Å². The highest BCUT2D eigenvalue weighted by molar-refractivity contribution is 7.80. The molecule has 5 rings (SSSR count). The van der Waals surface area contributed by atoms with Gasteiger partial charge in [-0.3, -0.25) is 9.88 Å². The van der Waals surface area contributed by atoms with E-state index in [0.29, 0.717) is 5.69 Å². The molecule has 1 aromatic carbocycles. The minimum Gasteiger partial charge on any atom is -0.379 e. The van der Waals surface area contributed by atoms with E-state index in [4.69, 9.17) is 17.0 Å². The zero-order valence-corrected chi connectivity index (χ0v) is 20.4. The molecule has 3 aromatic rings. The molecule has 2 aliphatic rings. The Morgan fingerprint density at radius 1 is 1.09 bits per heavy atom. The van der Waals surface area contributed by atoms with Crippen molar-refractivity contribution in [3.8, 4) is 5.69 Å². The van der Waals surface area contributed by atoms with Gasteiger partial charge in [-0.25, -0.2) is 4.39 Å². The highest BCUT2D eigenvalue weighted by atomic mass is 32.1. The third-order valence-corrected chi connectivity index (χ3v) is 7.19. The van der Waals surface area contributed by atoms with Crippen molar-refractivity contribution in [1.82, 2.24) is 24.7 Å². The summed E-state index contributed by atoms with van der Waals surface area (Å²) in [5, 5.41) is 4.26. The van der Waals surface area contributed by atoms with Crippen molar-refractivity contribution >= 4 is 17.3 Å². The van der Waals surface area contributed by atoms with E-state index in [9.17, 15) is 4.39 Å². The van der Waals surface area contributed by atoms with Crippen molar-refractivity contribution in [2.45, 2.75) is 25.9 Å². The number of pyridine rings is 1. The lowest BCUT2D eigenvalue weighted by Crippen LogP contribution is -2.42. The number of halogens is 1. The molecule has 0 amide bonds. The molecule has 0 unspecified atom stereocenters. The van der Waals surface area contributed by atoms with E-state index >= 15 is 0 Å². The molecule has 0 bridgehead atoms. The normalized spacial score (nSPS) is 21.1. The lowest BCUT2D eigenvalue weighted by atomic mass is 9.96. The Morgan fingerprint density at radius 3 is 2.59 bits per heavy atom. The molecule has 2 atom stereocenters. The van der Waals surface area contributed by atoms with Crippen molar-refractivity contribution in [2.24, 2.45) is 0 Å². The molecule has 0 radical (unpaired) electrons. The number of nitrogens with zero attached hydrogens (tertiary/aromatic N) is 4. The first-order valence-corrected chi connectivity index (χ1v) is 12.2. The van der Waals surface area contributed by atoms with Gasteiger partial charge in [-0.15, -0.1) is 0 Å². The molecule has 2 aliphatic heterocycles. The molecule has 1 N–H and O–H groups in total. The smallest absolute Gasteiger partial charge is 0.170 e. The largest absolute Gasteiger partial charge is 0.379 e. The topological polar surface area (TPSA) is 45.6 Å². The number of para-hydroxylation sites is 1. The second-order valence-corrected chi connectivity index (χ2v) is 9.27. The highest BCUT2D eigenvalue weighted by Gasteiger charge is 2.41. The van der Waals surface area contributed by atoms with Crippen LogP contribution in [0.25, 0.3) is 5.69 Å². The van der Waals surface area contributed by atoms with E-state index in [1.165, 1.54) is 6.07 Å². The number of aromatic nitrogens is 2. The van der Waals surface area contributed by atoms with Crippen LogP contribution >= 0.6 is 12.2 Å². The summed E-state index contributed by atoms with van der Waals surface area (Å²) in [6.07, 6.45) is 1.82. The van der Waals surface area contributed by atoms with Gasteiger partial charge in [0, 0.05) is 43.8 Å². The van der Waals surface area contributed by atoms with Gasteiger partial charge in [-0.1, -0.05) is 18.2 Å². The number of benzene rings is 1. The predicted molar refractivity (Wildman–Crippen MR) is 135 cm³/mol. The number of morpholine rings is 1. The number of hydrogen-bond acceptors (Lipinski definition) is 4. The number of rotatable bonds is 6. The molecular weight excluding hydrogens is 449 g/mol. The molecule has 6 nitrogen and oxygen atoms in total. The zero-order chi connectivity index (χ0) is 23.7. The van der Waals surface area contributed by atoms with Crippen molar-refractivity contribution in [3.05, 3.63) is 83.2 Å². The summed E-state index contributed by atoms with van der Waals surface area (Å²) in [5.41, 5.74) is 4.64. The molecular formula is C26H30FN5OS. The maximum atomic E-state index is 14.7. The van der Waals surface area contributed by atoms with Gasteiger partial charge in [-0.05, 0) is 62.0 Å². The zero-order valence-electron chi connectivity index (χ0n) is 19.6. The first kappa shape index (κ1) is 23.0. The molecule has 2 fully saturated rings. The van der Waals surface area contributed by atoms with Crippen molar-refractivity contribution in [2.75, 3.05) is 39.4 Å². The van der Waals surface area contributed by atoms with Gasteiger partial charge in [0.2, 0.25) is 0 Å². The number of nitrogens with one attached hydrogen (secondary N) is 1. The van der Waals surface area contributed by atoms with Crippen LogP contribution in [0.3, 0.4) is 0 Å². The Bertz CT molecular complexity index is 1160. The molecule has 0 spiro atoms. The van der Waals surface area contributed by atoms with Crippen LogP contribution in [0, 0.1) is 19.7 Å². The Kier molecular flexibility index (Phi) is 6.63. The predicted octanol–water partition coefficient (Wildman–Crippen LogP) is 3.93. The van der Waals surface area contributed by atoms with Gasteiger partial charge in [0.15, 0.2) is 5.11 Å². The Balaban J connectivity index is 1.53. The van der Waals surface area contributed by atoms with Crippen LogP contribution in [-0.2, 0) is 4.74 Å². The van der Waals surface area contributed by atoms with Gasteiger partial charge < -0.3 is 19.5 Å². The van der Waals surface area contributed by atoms with E-state index in [2.05, 4.69) is 33.1 Å². The van der Waals surface area contributed by atoms with Gasteiger partial charge in [-0.2, -0.15) is 0 Å². The lowest BCUT2D eigenvalue weighted by molar-refractivity contribution is 0.0350. The van der Waals surface area contributed by atoms with Crippen LogP contribution < -0.4 is 5.32 Å². The summed E-state index contributed by atoms with van der Waals surface area (Å²) < 4.78 is 22.2. The van der Waals surface area contributed by atoms with E-state index in [0.717, 1.165) is 67.2 Å². The third-order valence-electron chi connectivity index (χ3n) is 6.84. The average Bonchev–Trinajstić information content (AvgIpc) is 3.34. The minimum absolute atomic E-state index is 0.0461. The fraction of sp³-hybridized carbons (Fsp3) is 0.385. The van der Waals surface area contributed by atoms with Gasteiger partial charge in [0.05, 0.1) is 36.7 Å². The van der Waals surface area contributed by atoms with E-state index in [-0.39, 0.29) is 17.9 Å². The van der Waals surface area contributed by atoms with Crippen LogP contribution in [0.5, 0.6) is 0 Å². The fourth-order valence-electron chi connectivity index (χ4n) is 5.15. The van der Waals surface area contributed by atoms with Crippen LogP contribution in [0.2, 0.25) is 0 Å². The maximum absolute atomic E-state index is 14.7. The van der Waals surface area contributed by atoms with E-state index < -0.39 is 0 Å². The lowest BCUT2D eigenvalue weighted by Gasteiger charge is -2.32. The van der Waals surface area contributed by atoms with Gasteiger partial charge in [0.25, 0.3) is 0 Å². The molecule has 2 saturated heterocycles. The quantitative estimate of drug-likeness (QED) is 0.541. The standard InChI is InChI=1S/C26H30FN5OS/c1-18-17-20(19(2)32(18)23-9-4-3-7-21(23)27)25-24(22-8-5-6-10-28-22)29-26(34)31(25)12-11-30-13-15-33-16-14-30/h3-10,17,24-25H,11-16H2,1-2H3,(H,29,34)/t24-,25+/m1/s1. The second kappa shape index (κ2) is 9.82. The van der Waals surface area contributed by atoms with Crippen molar-refractivity contribution in [1.29, 1.82) is 0 Å². The molecule has 4 heterocycles. The number of ether oxygens (including phenoxy) is 1. The summed E-state index contributed by atoms with van der Waals surface area (Å²) in [6.45, 7) is 9.20. The molecule has 2 aromatic heterocycles. The highest BCUT2D eigenvalue weighted by Crippen LogP contribution is 2.41. The van der Waals surface area contributed by atoms with Crippen LogP contribution in [0.15, 0.2) is 54.7 Å². The van der Waals surface area contributed by atoms with Crippen molar-refractivity contribution in [3.63, 3.8) is 0 Å². The van der Waals surface area contributed by atoms with Crippen LogP contribution in [-0.4, -0.2) is 63.9 Å². The van der Waals surface area contributed by atoms with E-state index in [1.54, 1.807) is 6.07 Å². The second-order valence-electron chi connectivity index (χ2n) is 8.89. The third kappa shape index (κ3) is 4.33. The summed E-state index contributed by atoms with van der Waals surface area (Å²) in [5.74, 6) is -0.235. The average molecular weight is 480 g/mol. The molecule has 0 saturated carbocycles. The van der Waals surface area contributed by atoms with Crippen molar-refractivity contribution < 1.29 is 9.13 Å². The van der Waals surface area contributed by atoms with Gasteiger partial charge in [0.1, 0.15) is 5.82 Å². The first-order valence-electron chi connectivity index (χ1n) is 11.8. The Morgan fingerprint density at radius 2 is 1.85 bits per heavy atom. The summed E-state index contributed by atoms with van der Waals surface area (Å²) >= 11 is 5.84. The van der Waals surface area contributed by atoms with Crippen LogP contribution in [0.1, 0.15) is 34.7 Å². The Hall–Kier alpha value is -2.81. The SMILES string of the molecule is Cc1cc([C@H]2[C@@H](c3ccccn3)NC(=S)N2CCN2CCOCC2)c(C)n1-c1ccccc1F. The van der Waals surface area contributed by atoms with Gasteiger partial charge >= 0.3 is 0 Å². The Labute approximate surface area is 205 Å². The summed E-state index contributed by atoms with van der Waals surface area (Å²) in [4.78, 5) is 9.34. The molecule has 178 valence electrons. The number of aryl methyl sites for hydroxylation is 1. The molecule has 8 heteroatoms. The maximum Gasteiger partial charge on any atom is 0.170 e. The number of thiocarbonyl (C=S) groups is 1. The summed E-state index contributed by atoms with van der Waals surface area (Å²) in [7, 11) is 0. The molecule has 34 heavy (non-hydrogen) atoms. The van der Waals surface area contributed by atoms with Crippen LogP contribution in [0.4, 0.5) is 4.39 Å².